The Labute approximate surface area is 138 Å². The molecule has 22 heavy (non-hydrogen) atoms. The number of rotatable bonds is 7. The zero-order chi connectivity index (χ0) is 16.1. The molecule has 0 amide bonds. The summed E-state index contributed by atoms with van der Waals surface area (Å²) < 4.78 is 0. The number of benzene rings is 1. The number of likely N-dealkylation sites (N-methyl/N-ethyl adjacent to an activating group) is 1. The molecule has 0 saturated heterocycles. The van der Waals surface area contributed by atoms with Crippen LogP contribution < -0.4 is 5.32 Å². The molecule has 1 aromatic heterocycles. The molecule has 4 heteroatoms. The van der Waals surface area contributed by atoms with Crippen molar-refractivity contribution in [2.45, 2.75) is 27.2 Å². The largest absolute Gasteiger partial charge is 0.315 e. The van der Waals surface area contributed by atoms with Crippen molar-refractivity contribution in [1.29, 1.82) is 0 Å². The summed E-state index contributed by atoms with van der Waals surface area (Å²) >= 11 is 1.82. The van der Waals surface area contributed by atoms with E-state index >= 15 is 0 Å². The van der Waals surface area contributed by atoms with E-state index in [2.05, 4.69) is 63.3 Å². The third kappa shape index (κ3) is 4.63. The Bertz CT molecular complexity index is 617. The molecule has 0 aliphatic carbocycles. The van der Waals surface area contributed by atoms with Crippen LogP contribution >= 0.6 is 11.3 Å². The van der Waals surface area contributed by atoms with Gasteiger partial charge in [0.15, 0.2) is 0 Å². The number of nitrogens with one attached hydrogen (secondary N) is 1. The van der Waals surface area contributed by atoms with E-state index in [0.29, 0.717) is 0 Å². The second-order valence-corrected chi connectivity index (χ2v) is 7.40. The molecule has 2 aromatic rings. The van der Waals surface area contributed by atoms with Crippen LogP contribution in [-0.4, -0.2) is 43.6 Å². The summed E-state index contributed by atoms with van der Waals surface area (Å²) in [5, 5.41) is 4.70. The van der Waals surface area contributed by atoms with E-state index in [4.69, 9.17) is 4.98 Å². The molecular formula is C18H27N3S. The molecule has 0 spiro atoms. The van der Waals surface area contributed by atoms with Gasteiger partial charge in [-0.05, 0) is 52.1 Å². The van der Waals surface area contributed by atoms with E-state index in [9.17, 15) is 0 Å². The molecule has 120 valence electrons. The molecule has 0 aliphatic heterocycles. The molecule has 0 radical (unpaired) electrons. The van der Waals surface area contributed by atoms with Crippen molar-refractivity contribution in [3.63, 3.8) is 0 Å². The van der Waals surface area contributed by atoms with Gasteiger partial charge in [-0.1, -0.05) is 12.1 Å². The quantitative estimate of drug-likeness (QED) is 0.793. The second kappa shape index (κ2) is 7.86. The summed E-state index contributed by atoms with van der Waals surface area (Å²) in [7, 11) is 4.20. The summed E-state index contributed by atoms with van der Waals surface area (Å²) in [5.74, 6) is 0. The Morgan fingerprint density at radius 3 is 2.55 bits per heavy atom. The van der Waals surface area contributed by atoms with Gasteiger partial charge in [-0.15, -0.1) is 11.3 Å². The van der Waals surface area contributed by atoms with Gasteiger partial charge in [0, 0.05) is 36.5 Å². The van der Waals surface area contributed by atoms with Gasteiger partial charge < -0.3 is 10.2 Å². The molecule has 0 saturated carbocycles. The van der Waals surface area contributed by atoms with E-state index in [1.54, 1.807) is 0 Å². The molecule has 0 aliphatic rings. The molecule has 1 aromatic carbocycles. The Morgan fingerprint density at radius 1 is 1.09 bits per heavy atom. The normalized spacial score (nSPS) is 11.4. The Morgan fingerprint density at radius 2 is 1.86 bits per heavy atom. The second-order valence-electron chi connectivity index (χ2n) is 6.11. The number of hydrogen-bond donors (Lipinski definition) is 1. The minimum absolute atomic E-state index is 0.993. The molecule has 0 bridgehead atoms. The van der Waals surface area contributed by atoms with E-state index in [0.717, 1.165) is 31.7 Å². The third-order valence-corrected chi connectivity index (χ3v) is 4.90. The molecule has 1 N–H and O–H groups in total. The first-order valence-corrected chi connectivity index (χ1v) is 8.68. The lowest BCUT2D eigenvalue weighted by Gasteiger charge is -2.09. The van der Waals surface area contributed by atoms with Crippen molar-refractivity contribution in [1.82, 2.24) is 15.2 Å². The average Bonchev–Trinajstić information content (AvgIpc) is 2.82. The minimum atomic E-state index is 0.993. The number of aryl methyl sites for hydroxylation is 3. The molecule has 0 fully saturated rings. The van der Waals surface area contributed by atoms with Gasteiger partial charge in [-0.3, -0.25) is 0 Å². The predicted octanol–water partition coefficient (Wildman–Crippen LogP) is 3.43. The minimum Gasteiger partial charge on any atom is -0.315 e. The van der Waals surface area contributed by atoms with Gasteiger partial charge >= 0.3 is 0 Å². The summed E-state index contributed by atoms with van der Waals surface area (Å²) in [6, 6.07) is 6.62. The zero-order valence-corrected chi connectivity index (χ0v) is 15.2. The topological polar surface area (TPSA) is 28.2 Å². The lowest BCUT2D eigenvalue weighted by Crippen LogP contribution is -2.27. The van der Waals surface area contributed by atoms with Gasteiger partial charge in [-0.25, -0.2) is 4.98 Å². The van der Waals surface area contributed by atoms with Crippen molar-refractivity contribution in [3.05, 3.63) is 39.2 Å². The Balaban J connectivity index is 1.97. The zero-order valence-electron chi connectivity index (χ0n) is 14.4. The van der Waals surface area contributed by atoms with Crippen LogP contribution in [0.4, 0.5) is 0 Å². The van der Waals surface area contributed by atoms with Gasteiger partial charge in [0.1, 0.15) is 0 Å². The highest BCUT2D eigenvalue weighted by atomic mass is 32.1. The maximum atomic E-state index is 4.85. The predicted molar refractivity (Wildman–Crippen MR) is 96.9 cm³/mol. The van der Waals surface area contributed by atoms with Crippen LogP contribution in [0.5, 0.6) is 0 Å². The molecule has 0 atom stereocenters. The first kappa shape index (κ1) is 17.1. The third-order valence-electron chi connectivity index (χ3n) is 3.87. The SMILES string of the molecule is Cc1ccc(-c2nc(CCNCCN(C)C)sc2C)cc1C. The molecule has 3 nitrogen and oxygen atoms in total. The fourth-order valence-corrected chi connectivity index (χ4v) is 3.29. The maximum Gasteiger partial charge on any atom is 0.0948 e. The Hall–Kier alpha value is -1.23. The number of hydrogen-bond acceptors (Lipinski definition) is 4. The van der Waals surface area contributed by atoms with Crippen LogP contribution in [0.25, 0.3) is 11.3 Å². The van der Waals surface area contributed by atoms with Crippen LogP contribution in [0.2, 0.25) is 0 Å². The Kier molecular flexibility index (Phi) is 6.12. The van der Waals surface area contributed by atoms with Crippen molar-refractivity contribution >= 4 is 11.3 Å². The van der Waals surface area contributed by atoms with Gasteiger partial charge in [0.25, 0.3) is 0 Å². The summed E-state index contributed by atoms with van der Waals surface area (Å²) in [6.45, 7) is 9.58. The van der Waals surface area contributed by atoms with E-state index in [1.807, 2.05) is 11.3 Å². The molecule has 2 rings (SSSR count). The lowest BCUT2D eigenvalue weighted by atomic mass is 10.0. The summed E-state index contributed by atoms with van der Waals surface area (Å²) in [6.07, 6.45) is 1.00. The van der Waals surface area contributed by atoms with E-state index in [1.165, 1.54) is 26.6 Å². The van der Waals surface area contributed by atoms with Gasteiger partial charge in [0.2, 0.25) is 0 Å². The highest BCUT2D eigenvalue weighted by Crippen LogP contribution is 2.28. The number of nitrogens with zero attached hydrogens (tertiary/aromatic N) is 2. The van der Waals surface area contributed by atoms with Crippen molar-refractivity contribution < 1.29 is 0 Å². The smallest absolute Gasteiger partial charge is 0.0948 e. The van der Waals surface area contributed by atoms with Crippen LogP contribution in [0.1, 0.15) is 21.0 Å². The van der Waals surface area contributed by atoms with Crippen molar-refractivity contribution in [2.75, 3.05) is 33.7 Å². The van der Waals surface area contributed by atoms with Crippen molar-refractivity contribution in [3.8, 4) is 11.3 Å². The van der Waals surface area contributed by atoms with Crippen LogP contribution in [0, 0.1) is 20.8 Å². The average molecular weight is 318 g/mol. The monoisotopic (exact) mass is 317 g/mol. The molecule has 0 unspecified atom stereocenters. The lowest BCUT2D eigenvalue weighted by molar-refractivity contribution is 0.401. The van der Waals surface area contributed by atoms with Gasteiger partial charge in [-0.2, -0.15) is 0 Å². The summed E-state index contributed by atoms with van der Waals surface area (Å²) in [5.41, 5.74) is 5.05. The summed E-state index contributed by atoms with van der Waals surface area (Å²) in [4.78, 5) is 8.36. The van der Waals surface area contributed by atoms with Crippen LogP contribution in [0.15, 0.2) is 18.2 Å². The number of aromatic nitrogens is 1. The number of thiazole rings is 1. The highest BCUT2D eigenvalue weighted by molar-refractivity contribution is 7.12. The van der Waals surface area contributed by atoms with Crippen LogP contribution in [0.3, 0.4) is 0 Å². The first-order valence-electron chi connectivity index (χ1n) is 7.86. The van der Waals surface area contributed by atoms with E-state index in [-0.39, 0.29) is 0 Å². The highest BCUT2D eigenvalue weighted by Gasteiger charge is 2.10. The van der Waals surface area contributed by atoms with Gasteiger partial charge in [0.05, 0.1) is 10.7 Å². The fourth-order valence-electron chi connectivity index (χ4n) is 2.34. The maximum absolute atomic E-state index is 4.85. The first-order chi connectivity index (χ1) is 10.5. The van der Waals surface area contributed by atoms with Crippen LogP contribution in [-0.2, 0) is 6.42 Å². The van der Waals surface area contributed by atoms with Crippen molar-refractivity contribution in [2.24, 2.45) is 0 Å². The standard InChI is InChI=1S/C18H27N3S/c1-13-6-7-16(12-14(13)2)18-15(3)22-17(20-18)8-9-19-10-11-21(4)5/h6-7,12,19H,8-11H2,1-5H3. The fraction of sp³-hybridized carbons (Fsp3) is 0.500. The molecule has 1 heterocycles. The van der Waals surface area contributed by atoms with E-state index < -0.39 is 0 Å². The molecular weight excluding hydrogens is 290 g/mol.